The van der Waals surface area contributed by atoms with E-state index in [1.807, 2.05) is 25.2 Å². The number of benzene rings is 8. The van der Waals surface area contributed by atoms with Crippen LogP contribution in [0.5, 0.6) is 11.5 Å². The zero-order valence-electron chi connectivity index (χ0n) is 37.7. The molecule has 0 bridgehead atoms. The number of nitrogens with zero attached hydrogens (tertiary/aromatic N) is 1. The lowest BCUT2D eigenvalue weighted by atomic mass is 9.66. The topological polar surface area (TPSA) is 83.7 Å². The van der Waals surface area contributed by atoms with E-state index in [1.165, 1.54) is 22.3 Å². The van der Waals surface area contributed by atoms with Crippen LogP contribution in [-0.4, -0.2) is 12.4 Å². The maximum Gasteiger partial charge on any atom is 0.132 e. The minimum Gasteiger partial charge on any atom is -0.457 e. The molecule has 0 aromatic heterocycles. The summed E-state index contributed by atoms with van der Waals surface area (Å²) < 4.78 is 6.65. The Morgan fingerprint density at radius 2 is 1.24 bits per heavy atom. The van der Waals surface area contributed by atoms with Gasteiger partial charge in [0.2, 0.25) is 0 Å². The molecule has 4 aliphatic rings. The Morgan fingerprint density at radius 1 is 0.618 bits per heavy atom. The van der Waals surface area contributed by atoms with Gasteiger partial charge in [0.1, 0.15) is 29.7 Å². The highest BCUT2D eigenvalue weighted by atomic mass is 16.5. The highest BCUT2D eigenvalue weighted by molar-refractivity contribution is 6.08. The highest BCUT2D eigenvalue weighted by Crippen LogP contribution is 2.62. The van der Waals surface area contributed by atoms with Crippen molar-refractivity contribution >= 4 is 17.2 Å². The molecule has 0 radical (unpaired) electrons. The molecule has 0 amide bonds. The number of aliphatic imine (C=N–C) groups is 1. The van der Waals surface area contributed by atoms with Crippen LogP contribution in [0.1, 0.15) is 69.3 Å². The Bertz CT molecular complexity index is 3350. The molecule has 328 valence electrons. The van der Waals surface area contributed by atoms with Crippen LogP contribution in [0.2, 0.25) is 0 Å². The third-order valence-corrected chi connectivity index (χ3v) is 13.8. The molecule has 12 rings (SSSR count). The standard InChI is InChI=1S/C62H49N5O/c1-2-3-24-54(63)42-32-28-40(29-33-42)45-37-46(41-30-34-43(35-31-41)55-25-13-14-36-64-55)39-47(38-45)60-65-59(44-16-5-4-6-17-44)66-61(67-60)49-19-15-23-53-58(49)48-18-7-8-20-50(48)62(53)51-21-9-11-26-56(51)68-57-27-12-10-22-52(57)62/h2-35,37-39,59-60,64-65H,36,63H2,1H3,(H,66,67)/b3-2-,54-24-. The summed E-state index contributed by atoms with van der Waals surface area (Å²) in [7, 11) is 0. The molecule has 2 unspecified atom stereocenters. The van der Waals surface area contributed by atoms with Crippen LogP contribution >= 0.6 is 0 Å². The first-order valence-corrected chi connectivity index (χ1v) is 23.4. The van der Waals surface area contributed by atoms with E-state index in [0.717, 1.165) is 96.5 Å². The van der Waals surface area contributed by atoms with Gasteiger partial charge in [-0.25, -0.2) is 4.99 Å². The maximum absolute atomic E-state index is 6.65. The predicted octanol–water partition coefficient (Wildman–Crippen LogP) is 13.2. The van der Waals surface area contributed by atoms with Crippen molar-refractivity contribution in [3.05, 3.63) is 275 Å². The van der Waals surface area contributed by atoms with Crippen LogP contribution in [0.15, 0.2) is 230 Å². The van der Waals surface area contributed by atoms with Gasteiger partial charge < -0.3 is 21.1 Å². The number of hydrogen-bond acceptors (Lipinski definition) is 6. The summed E-state index contributed by atoms with van der Waals surface area (Å²) >= 11 is 0. The third-order valence-electron chi connectivity index (χ3n) is 13.8. The van der Waals surface area contributed by atoms with E-state index in [4.69, 9.17) is 15.5 Å². The summed E-state index contributed by atoms with van der Waals surface area (Å²) in [5, 5.41) is 11.4. The number of rotatable bonds is 8. The van der Waals surface area contributed by atoms with Gasteiger partial charge in [-0.05, 0) is 116 Å². The summed E-state index contributed by atoms with van der Waals surface area (Å²) in [6.07, 6.45) is 11.6. The van der Waals surface area contributed by atoms with Crippen molar-refractivity contribution in [1.82, 2.24) is 16.0 Å². The fourth-order valence-electron chi connectivity index (χ4n) is 10.6. The SMILES string of the molecule is C/C=C\C=C(/N)c1ccc(-c2cc(-c3ccc(C4=CC=CCN4)cc3)cc(C3NC(c4cccc5c4-c4ccccc4C54c5ccccc5Oc5ccccc54)=NC(c4ccccc4)N3)c2)cc1. The van der Waals surface area contributed by atoms with E-state index < -0.39 is 5.41 Å². The fraction of sp³-hybridized carbons (Fsp3) is 0.0806. The van der Waals surface area contributed by atoms with E-state index in [-0.39, 0.29) is 12.3 Å². The molecule has 8 aromatic carbocycles. The van der Waals surface area contributed by atoms with E-state index >= 15 is 0 Å². The van der Waals surface area contributed by atoms with Gasteiger partial charge in [-0.3, -0.25) is 5.32 Å². The van der Waals surface area contributed by atoms with Crippen LogP contribution in [0.25, 0.3) is 44.8 Å². The van der Waals surface area contributed by atoms with Crippen molar-refractivity contribution in [2.24, 2.45) is 10.7 Å². The number of ether oxygens (including phenoxy) is 1. The van der Waals surface area contributed by atoms with E-state index in [9.17, 15) is 0 Å². The Kier molecular flexibility index (Phi) is 10.3. The molecule has 1 spiro atoms. The molecule has 3 heterocycles. The van der Waals surface area contributed by atoms with Crippen LogP contribution in [0, 0.1) is 0 Å². The van der Waals surface area contributed by atoms with Gasteiger partial charge in [-0.15, -0.1) is 0 Å². The number of para-hydroxylation sites is 2. The molecule has 68 heavy (non-hydrogen) atoms. The number of hydrogen-bond donors (Lipinski definition) is 4. The van der Waals surface area contributed by atoms with Crippen molar-refractivity contribution in [1.29, 1.82) is 0 Å². The first-order chi connectivity index (χ1) is 33.6. The molecule has 1 aliphatic carbocycles. The molecular weight excluding hydrogens is 831 g/mol. The molecule has 6 nitrogen and oxygen atoms in total. The molecule has 2 atom stereocenters. The summed E-state index contributed by atoms with van der Waals surface area (Å²) in [5.41, 5.74) is 24.6. The average molecular weight is 880 g/mol. The van der Waals surface area contributed by atoms with Crippen LogP contribution in [-0.2, 0) is 5.41 Å². The monoisotopic (exact) mass is 879 g/mol. The lowest BCUT2D eigenvalue weighted by molar-refractivity contribution is 0.409. The summed E-state index contributed by atoms with van der Waals surface area (Å²) in [6.45, 7) is 2.81. The lowest BCUT2D eigenvalue weighted by Crippen LogP contribution is -2.45. The first-order valence-electron chi connectivity index (χ1n) is 23.4. The van der Waals surface area contributed by atoms with Crippen LogP contribution in [0.4, 0.5) is 0 Å². The fourth-order valence-corrected chi connectivity index (χ4v) is 10.6. The minimum atomic E-state index is -0.596. The summed E-state index contributed by atoms with van der Waals surface area (Å²) in [5.74, 6) is 2.56. The Hall–Kier alpha value is -8.45. The normalized spacial score (nSPS) is 17.5. The van der Waals surface area contributed by atoms with Crippen LogP contribution < -0.4 is 26.4 Å². The quantitative estimate of drug-likeness (QED) is 0.114. The Balaban J connectivity index is 1.01. The van der Waals surface area contributed by atoms with E-state index in [2.05, 4.69) is 222 Å². The highest BCUT2D eigenvalue weighted by Gasteiger charge is 2.51. The smallest absolute Gasteiger partial charge is 0.132 e. The molecule has 0 fully saturated rings. The zero-order chi connectivity index (χ0) is 45.6. The maximum atomic E-state index is 6.65. The Morgan fingerprint density at radius 3 is 1.93 bits per heavy atom. The van der Waals surface area contributed by atoms with Gasteiger partial charge in [0.25, 0.3) is 0 Å². The first kappa shape index (κ1) is 41.0. The summed E-state index contributed by atoms with van der Waals surface area (Å²) in [4.78, 5) is 5.57. The number of nitrogens with one attached hydrogen (secondary N) is 3. The second-order valence-electron chi connectivity index (χ2n) is 17.7. The second kappa shape index (κ2) is 17.1. The molecule has 0 saturated heterocycles. The number of fused-ring (bicyclic) bond motifs is 9. The molecule has 6 heteroatoms. The predicted molar refractivity (Wildman–Crippen MR) is 278 cm³/mol. The van der Waals surface area contributed by atoms with Crippen LogP contribution in [0.3, 0.4) is 0 Å². The average Bonchev–Trinajstić information content (AvgIpc) is 3.71. The molecule has 5 N–H and O–H groups in total. The number of allylic oxidation sites excluding steroid dienone is 5. The molecule has 8 aromatic rings. The van der Waals surface area contributed by atoms with Gasteiger partial charge in [0, 0.05) is 34.6 Å². The second-order valence-corrected chi connectivity index (χ2v) is 17.7. The third kappa shape index (κ3) is 6.97. The largest absolute Gasteiger partial charge is 0.457 e. The van der Waals surface area contributed by atoms with Crippen molar-refractivity contribution in [2.45, 2.75) is 24.7 Å². The molecule has 0 saturated carbocycles. The van der Waals surface area contributed by atoms with Crippen molar-refractivity contribution in [2.75, 3.05) is 6.54 Å². The van der Waals surface area contributed by atoms with E-state index in [0.29, 0.717) is 0 Å². The van der Waals surface area contributed by atoms with Gasteiger partial charge in [0.05, 0.1) is 5.41 Å². The molecule has 3 aliphatic heterocycles. The van der Waals surface area contributed by atoms with Crippen molar-refractivity contribution in [3.63, 3.8) is 0 Å². The minimum absolute atomic E-state index is 0.321. The van der Waals surface area contributed by atoms with Gasteiger partial charge in [0.15, 0.2) is 0 Å². The van der Waals surface area contributed by atoms with E-state index in [1.54, 1.807) is 0 Å². The summed E-state index contributed by atoms with van der Waals surface area (Å²) in [6, 6.07) is 67.5. The van der Waals surface area contributed by atoms with Gasteiger partial charge in [-0.1, -0.05) is 182 Å². The lowest BCUT2D eigenvalue weighted by Gasteiger charge is -2.39. The zero-order valence-corrected chi connectivity index (χ0v) is 37.7. The number of dihydropyridines is 1. The van der Waals surface area contributed by atoms with Gasteiger partial charge >= 0.3 is 0 Å². The van der Waals surface area contributed by atoms with Gasteiger partial charge in [-0.2, -0.15) is 0 Å². The van der Waals surface area contributed by atoms with Crippen molar-refractivity contribution < 1.29 is 4.74 Å². The Labute approximate surface area is 397 Å². The molecular formula is C62H49N5O. The number of amidine groups is 1. The number of nitrogens with two attached hydrogens (primary N) is 1. The van der Waals surface area contributed by atoms with Crippen molar-refractivity contribution in [3.8, 4) is 44.9 Å².